The summed E-state index contributed by atoms with van der Waals surface area (Å²) in [4.78, 5) is 19.5. The van der Waals surface area contributed by atoms with Crippen LogP contribution in [0, 0.1) is 5.92 Å². The molecule has 2 aromatic heterocycles. The van der Waals surface area contributed by atoms with Gasteiger partial charge in [-0.25, -0.2) is 4.98 Å². The van der Waals surface area contributed by atoms with Crippen molar-refractivity contribution < 1.29 is 9.53 Å². The molecule has 1 atom stereocenters. The molecular formula is C27H28N6O2. The van der Waals surface area contributed by atoms with Crippen LogP contribution in [0.1, 0.15) is 19.8 Å². The number of piperidine rings is 1. The van der Waals surface area contributed by atoms with Gasteiger partial charge in [0.2, 0.25) is 5.91 Å². The standard InChI is InChI=1S/C27H28N6O2/c1-2-35-23-12-10-22(11-13-23)29-27(34)21-9-6-17-32(19-21)24-14-15-25(31-30-24)33-18-16-28-26(33)20-7-4-3-5-8-20/h3-5,7-8,10-16,18,21H,2,6,9,17,19H2,1H3,(H,29,34). The van der Waals surface area contributed by atoms with Gasteiger partial charge in [-0.3, -0.25) is 9.36 Å². The van der Waals surface area contributed by atoms with E-state index in [2.05, 4.69) is 25.4 Å². The first kappa shape index (κ1) is 22.6. The fourth-order valence-corrected chi connectivity index (χ4v) is 4.35. The molecule has 0 saturated carbocycles. The summed E-state index contributed by atoms with van der Waals surface area (Å²) in [5.41, 5.74) is 1.79. The van der Waals surface area contributed by atoms with Crippen molar-refractivity contribution in [1.29, 1.82) is 0 Å². The third kappa shape index (κ3) is 5.16. The normalized spacial score (nSPS) is 15.6. The van der Waals surface area contributed by atoms with Crippen LogP contribution in [0.4, 0.5) is 11.5 Å². The van der Waals surface area contributed by atoms with Crippen molar-refractivity contribution in [1.82, 2.24) is 19.7 Å². The minimum atomic E-state index is -0.116. The first-order valence-electron chi connectivity index (χ1n) is 11.9. The third-order valence-electron chi connectivity index (χ3n) is 6.10. The Kier molecular flexibility index (Phi) is 6.70. The van der Waals surface area contributed by atoms with Gasteiger partial charge in [0.05, 0.1) is 12.5 Å². The summed E-state index contributed by atoms with van der Waals surface area (Å²) in [5, 5.41) is 12.0. The highest BCUT2D eigenvalue weighted by atomic mass is 16.5. The molecule has 1 aliphatic rings. The highest BCUT2D eigenvalue weighted by molar-refractivity contribution is 5.93. The number of benzene rings is 2. The number of rotatable bonds is 7. The fraction of sp³-hybridized carbons (Fsp3) is 0.259. The van der Waals surface area contributed by atoms with Gasteiger partial charge in [-0.05, 0) is 56.2 Å². The maximum Gasteiger partial charge on any atom is 0.229 e. The lowest BCUT2D eigenvalue weighted by atomic mass is 9.97. The van der Waals surface area contributed by atoms with E-state index in [1.807, 2.05) is 84.4 Å². The van der Waals surface area contributed by atoms with E-state index in [-0.39, 0.29) is 11.8 Å². The number of carbonyl (C=O) groups is 1. The second kappa shape index (κ2) is 10.4. The van der Waals surface area contributed by atoms with Crippen molar-refractivity contribution in [2.24, 2.45) is 5.92 Å². The Bertz CT molecular complexity index is 1260. The molecule has 0 spiro atoms. The van der Waals surface area contributed by atoms with Crippen LogP contribution in [0.2, 0.25) is 0 Å². The molecule has 8 heteroatoms. The smallest absolute Gasteiger partial charge is 0.229 e. The van der Waals surface area contributed by atoms with E-state index in [0.717, 1.165) is 48.0 Å². The largest absolute Gasteiger partial charge is 0.494 e. The molecule has 1 amide bonds. The Morgan fingerprint density at radius 1 is 1.03 bits per heavy atom. The Hall–Kier alpha value is -4.20. The quantitative estimate of drug-likeness (QED) is 0.427. The van der Waals surface area contributed by atoms with Crippen LogP contribution in [0.3, 0.4) is 0 Å². The highest BCUT2D eigenvalue weighted by Gasteiger charge is 2.27. The molecule has 4 aromatic rings. The van der Waals surface area contributed by atoms with Crippen molar-refractivity contribution in [2.75, 3.05) is 29.9 Å². The van der Waals surface area contributed by atoms with Crippen molar-refractivity contribution in [3.05, 3.63) is 79.1 Å². The molecule has 1 N–H and O–H groups in total. The fourth-order valence-electron chi connectivity index (χ4n) is 4.35. The van der Waals surface area contributed by atoms with E-state index in [1.165, 1.54) is 0 Å². The van der Waals surface area contributed by atoms with Crippen molar-refractivity contribution in [3.8, 4) is 23.0 Å². The van der Waals surface area contributed by atoms with E-state index < -0.39 is 0 Å². The van der Waals surface area contributed by atoms with Crippen LogP contribution < -0.4 is 15.0 Å². The van der Waals surface area contributed by atoms with Crippen LogP contribution in [-0.2, 0) is 4.79 Å². The van der Waals surface area contributed by atoms with Gasteiger partial charge >= 0.3 is 0 Å². The number of amides is 1. The summed E-state index contributed by atoms with van der Waals surface area (Å²) < 4.78 is 7.39. The van der Waals surface area contributed by atoms with Gasteiger partial charge in [0, 0.05) is 36.7 Å². The van der Waals surface area contributed by atoms with Crippen molar-refractivity contribution >= 4 is 17.4 Å². The summed E-state index contributed by atoms with van der Waals surface area (Å²) in [6, 6.07) is 21.4. The first-order valence-corrected chi connectivity index (χ1v) is 11.9. The molecule has 35 heavy (non-hydrogen) atoms. The Balaban J connectivity index is 1.25. The number of nitrogens with zero attached hydrogens (tertiary/aromatic N) is 5. The molecular weight excluding hydrogens is 440 g/mol. The lowest BCUT2D eigenvalue weighted by molar-refractivity contribution is -0.120. The lowest BCUT2D eigenvalue weighted by Gasteiger charge is -2.32. The van der Waals surface area contributed by atoms with Crippen molar-refractivity contribution in [3.63, 3.8) is 0 Å². The van der Waals surface area contributed by atoms with Crippen molar-refractivity contribution in [2.45, 2.75) is 19.8 Å². The number of ether oxygens (including phenoxy) is 1. The van der Waals surface area contributed by atoms with Gasteiger partial charge in [0.25, 0.3) is 0 Å². The molecule has 2 aromatic carbocycles. The predicted molar refractivity (Wildman–Crippen MR) is 136 cm³/mol. The average Bonchev–Trinajstić information content (AvgIpc) is 3.41. The molecule has 178 valence electrons. The Morgan fingerprint density at radius 3 is 2.54 bits per heavy atom. The van der Waals surface area contributed by atoms with Gasteiger partial charge in [-0.2, -0.15) is 0 Å². The van der Waals surface area contributed by atoms with E-state index in [9.17, 15) is 4.79 Å². The zero-order chi connectivity index (χ0) is 24.0. The highest BCUT2D eigenvalue weighted by Crippen LogP contribution is 2.25. The number of aromatic nitrogens is 4. The molecule has 0 radical (unpaired) electrons. The van der Waals surface area contributed by atoms with Crippen LogP contribution in [0.15, 0.2) is 79.1 Å². The Labute approximate surface area is 204 Å². The summed E-state index contributed by atoms with van der Waals surface area (Å²) in [6.07, 6.45) is 5.41. The molecule has 5 rings (SSSR count). The zero-order valence-electron chi connectivity index (χ0n) is 19.7. The lowest BCUT2D eigenvalue weighted by Crippen LogP contribution is -2.41. The van der Waals surface area contributed by atoms with Gasteiger partial charge in [-0.15, -0.1) is 10.2 Å². The number of anilines is 2. The second-order valence-electron chi connectivity index (χ2n) is 8.47. The van der Waals surface area contributed by atoms with E-state index in [0.29, 0.717) is 19.0 Å². The average molecular weight is 469 g/mol. The summed E-state index contributed by atoms with van der Waals surface area (Å²) in [5.74, 6) is 2.99. The third-order valence-corrected chi connectivity index (χ3v) is 6.10. The van der Waals surface area contributed by atoms with Gasteiger partial charge in [0.1, 0.15) is 11.6 Å². The summed E-state index contributed by atoms with van der Waals surface area (Å²) in [7, 11) is 0. The van der Waals surface area contributed by atoms with E-state index in [4.69, 9.17) is 4.74 Å². The topological polar surface area (TPSA) is 85.2 Å². The summed E-state index contributed by atoms with van der Waals surface area (Å²) >= 11 is 0. The SMILES string of the molecule is CCOc1ccc(NC(=O)C2CCCN(c3ccc(-n4ccnc4-c4ccccc4)nn3)C2)cc1. The molecule has 0 bridgehead atoms. The van der Waals surface area contributed by atoms with Gasteiger partial charge in [0.15, 0.2) is 11.6 Å². The molecule has 1 fully saturated rings. The van der Waals surface area contributed by atoms with Gasteiger partial charge < -0.3 is 15.0 Å². The van der Waals surface area contributed by atoms with E-state index >= 15 is 0 Å². The number of imidazole rings is 1. The van der Waals surface area contributed by atoms with Crippen LogP contribution in [0.5, 0.6) is 5.75 Å². The second-order valence-corrected chi connectivity index (χ2v) is 8.47. The van der Waals surface area contributed by atoms with Gasteiger partial charge in [-0.1, -0.05) is 30.3 Å². The molecule has 1 aliphatic heterocycles. The maximum absolute atomic E-state index is 12.9. The number of nitrogens with one attached hydrogen (secondary N) is 1. The molecule has 1 saturated heterocycles. The zero-order valence-corrected chi connectivity index (χ0v) is 19.7. The molecule has 3 heterocycles. The monoisotopic (exact) mass is 468 g/mol. The number of hydrogen-bond donors (Lipinski definition) is 1. The first-order chi connectivity index (χ1) is 17.2. The minimum Gasteiger partial charge on any atom is -0.494 e. The van der Waals surface area contributed by atoms with Crippen LogP contribution >= 0.6 is 0 Å². The van der Waals surface area contributed by atoms with Crippen LogP contribution in [0.25, 0.3) is 17.2 Å². The number of hydrogen-bond acceptors (Lipinski definition) is 6. The summed E-state index contributed by atoms with van der Waals surface area (Å²) in [6.45, 7) is 4.02. The maximum atomic E-state index is 12.9. The van der Waals surface area contributed by atoms with Crippen LogP contribution in [-0.4, -0.2) is 45.4 Å². The molecule has 1 unspecified atom stereocenters. The predicted octanol–water partition coefficient (Wildman–Crippen LogP) is 4.58. The van der Waals surface area contributed by atoms with E-state index in [1.54, 1.807) is 6.20 Å². The number of carbonyl (C=O) groups excluding carboxylic acids is 1. The minimum absolute atomic E-state index is 0.0226. The molecule has 0 aliphatic carbocycles. The Morgan fingerprint density at radius 2 is 1.80 bits per heavy atom. The molecule has 8 nitrogen and oxygen atoms in total.